The van der Waals surface area contributed by atoms with Gasteiger partial charge in [-0.2, -0.15) is 4.72 Å². The van der Waals surface area contributed by atoms with Crippen molar-refractivity contribution in [1.82, 2.24) is 10.0 Å². The van der Waals surface area contributed by atoms with Crippen LogP contribution in [0.25, 0.3) is 0 Å². The number of rotatable bonds is 5. The quantitative estimate of drug-likeness (QED) is 0.738. The van der Waals surface area contributed by atoms with Crippen molar-refractivity contribution >= 4 is 15.9 Å². The predicted molar refractivity (Wildman–Crippen MR) is 71.2 cm³/mol. The van der Waals surface area contributed by atoms with Crippen LogP contribution in [-0.2, 0) is 14.8 Å². The Morgan fingerprint density at radius 1 is 1.21 bits per heavy atom. The summed E-state index contributed by atoms with van der Waals surface area (Å²) in [5.74, 6) is -0.777. The highest BCUT2D eigenvalue weighted by molar-refractivity contribution is 7.89. The van der Waals surface area contributed by atoms with Crippen molar-refractivity contribution < 1.29 is 18.3 Å². The van der Waals surface area contributed by atoms with E-state index in [2.05, 4.69) is 10.0 Å². The van der Waals surface area contributed by atoms with Gasteiger partial charge in [0.2, 0.25) is 15.9 Å². The van der Waals surface area contributed by atoms with E-state index in [0.29, 0.717) is 0 Å². The van der Waals surface area contributed by atoms with Crippen molar-refractivity contribution in [3.05, 3.63) is 24.3 Å². The van der Waals surface area contributed by atoms with Gasteiger partial charge in [-0.3, -0.25) is 4.79 Å². The summed E-state index contributed by atoms with van der Waals surface area (Å²) in [6, 6.07) is 4.55. The van der Waals surface area contributed by atoms with Crippen molar-refractivity contribution in [3.8, 4) is 5.75 Å². The second-order valence-electron chi connectivity index (χ2n) is 4.47. The van der Waals surface area contributed by atoms with E-state index in [1.165, 1.54) is 31.2 Å². The van der Waals surface area contributed by atoms with Crippen molar-refractivity contribution in [2.24, 2.45) is 0 Å². The Hall–Kier alpha value is -1.60. The molecule has 0 bridgehead atoms. The lowest BCUT2D eigenvalue weighted by molar-refractivity contribution is -0.122. The van der Waals surface area contributed by atoms with Gasteiger partial charge in [0.1, 0.15) is 10.6 Å². The fraction of sp³-hybridized carbons (Fsp3) is 0.417. The van der Waals surface area contributed by atoms with E-state index in [4.69, 9.17) is 0 Å². The summed E-state index contributed by atoms with van der Waals surface area (Å²) < 4.78 is 26.2. The number of phenols is 1. The second kappa shape index (κ2) is 6.03. The summed E-state index contributed by atoms with van der Waals surface area (Å²) in [6.07, 6.45) is 0. The van der Waals surface area contributed by atoms with Gasteiger partial charge in [-0.15, -0.1) is 0 Å². The van der Waals surface area contributed by atoms with Crippen LogP contribution in [0, 0.1) is 0 Å². The molecule has 6 nitrogen and oxygen atoms in total. The molecule has 0 radical (unpaired) electrons. The van der Waals surface area contributed by atoms with E-state index in [-0.39, 0.29) is 16.7 Å². The average molecular weight is 286 g/mol. The molecule has 3 N–H and O–H groups in total. The molecular formula is C12H18N2O4S. The molecule has 0 heterocycles. The highest BCUT2D eigenvalue weighted by Gasteiger charge is 2.24. The number of nitrogens with one attached hydrogen (secondary N) is 2. The van der Waals surface area contributed by atoms with Gasteiger partial charge in [0.25, 0.3) is 0 Å². The number of phenolic OH excluding ortho intramolecular Hbond substituents is 1. The molecule has 1 aromatic carbocycles. The SMILES string of the molecule is CC(C)NC(=O)C(C)NS(=O)(=O)c1ccccc1O. The van der Waals surface area contributed by atoms with Crippen LogP contribution in [0.15, 0.2) is 29.2 Å². The molecule has 106 valence electrons. The summed E-state index contributed by atoms with van der Waals surface area (Å²) in [5.41, 5.74) is 0. The average Bonchev–Trinajstić information content (AvgIpc) is 2.27. The van der Waals surface area contributed by atoms with Crippen molar-refractivity contribution in [1.29, 1.82) is 0 Å². The smallest absolute Gasteiger partial charge is 0.244 e. The molecule has 1 aromatic rings. The fourth-order valence-corrected chi connectivity index (χ4v) is 2.74. The minimum atomic E-state index is -3.93. The zero-order valence-corrected chi connectivity index (χ0v) is 11.9. The molecule has 0 aromatic heterocycles. The van der Waals surface area contributed by atoms with Gasteiger partial charge in [-0.25, -0.2) is 8.42 Å². The van der Waals surface area contributed by atoms with Gasteiger partial charge in [-0.1, -0.05) is 12.1 Å². The molecule has 1 rings (SSSR count). The largest absolute Gasteiger partial charge is 0.507 e. The third kappa shape index (κ3) is 4.22. The first-order valence-corrected chi connectivity index (χ1v) is 7.33. The molecule has 0 saturated carbocycles. The first-order valence-electron chi connectivity index (χ1n) is 5.84. The van der Waals surface area contributed by atoms with Crippen LogP contribution in [0.2, 0.25) is 0 Å². The van der Waals surface area contributed by atoms with E-state index in [0.717, 1.165) is 0 Å². The van der Waals surface area contributed by atoms with Crippen LogP contribution in [0.1, 0.15) is 20.8 Å². The van der Waals surface area contributed by atoms with E-state index >= 15 is 0 Å². The van der Waals surface area contributed by atoms with Crippen molar-refractivity contribution in [2.75, 3.05) is 0 Å². The second-order valence-corrected chi connectivity index (χ2v) is 6.16. The maximum absolute atomic E-state index is 12.0. The van der Waals surface area contributed by atoms with E-state index in [1.54, 1.807) is 13.8 Å². The third-order valence-electron chi connectivity index (χ3n) is 2.31. The summed E-state index contributed by atoms with van der Waals surface area (Å²) in [5, 5.41) is 12.1. The number of hydrogen-bond acceptors (Lipinski definition) is 4. The highest BCUT2D eigenvalue weighted by atomic mass is 32.2. The summed E-state index contributed by atoms with van der Waals surface area (Å²) in [7, 11) is -3.93. The molecule has 0 saturated heterocycles. The van der Waals surface area contributed by atoms with Crippen LogP contribution in [0.4, 0.5) is 0 Å². The summed E-state index contributed by atoms with van der Waals surface area (Å²) >= 11 is 0. The molecule has 0 spiro atoms. The van der Waals surface area contributed by atoms with E-state index < -0.39 is 22.0 Å². The first-order chi connectivity index (χ1) is 8.74. The molecule has 0 fully saturated rings. The Kier molecular flexibility index (Phi) is 4.90. The maximum atomic E-state index is 12.0. The van der Waals surface area contributed by atoms with Crippen LogP contribution in [0.5, 0.6) is 5.75 Å². The fourth-order valence-electron chi connectivity index (χ4n) is 1.44. The number of amides is 1. The number of benzene rings is 1. The van der Waals surface area contributed by atoms with Gasteiger partial charge in [0.05, 0.1) is 6.04 Å². The van der Waals surface area contributed by atoms with Gasteiger partial charge in [-0.05, 0) is 32.9 Å². The Balaban J connectivity index is 2.87. The van der Waals surface area contributed by atoms with Crippen LogP contribution in [-0.4, -0.2) is 31.5 Å². The number of hydrogen-bond donors (Lipinski definition) is 3. The van der Waals surface area contributed by atoms with E-state index in [9.17, 15) is 18.3 Å². The van der Waals surface area contributed by atoms with Crippen molar-refractivity contribution in [2.45, 2.75) is 37.8 Å². The lowest BCUT2D eigenvalue weighted by atomic mass is 10.3. The lowest BCUT2D eigenvalue weighted by Gasteiger charge is -2.16. The minimum absolute atomic E-state index is 0.0791. The van der Waals surface area contributed by atoms with Gasteiger partial charge < -0.3 is 10.4 Å². The molecule has 7 heteroatoms. The Morgan fingerprint density at radius 2 is 1.79 bits per heavy atom. The monoisotopic (exact) mass is 286 g/mol. The standard InChI is InChI=1S/C12H18N2O4S/c1-8(2)13-12(16)9(3)14-19(17,18)11-7-5-4-6-10(11)15/h4-9,14-15H,1-3H3,(H,13,16). The number of sulfonamides is 1. The first kappa shape index (κ1) is 15.5. The predicted octanol–water partition coefficient (Wildman–Crippen LogP) is 0.584. The Labute approximate surface area is 112 Å². The Morgan fingerprint density at radius 3 is 2.32 bits per heavy atom. The van der Waals surface area contributed by atoms with Crippen LogP contribution < -0.4 is 10.0 Å². The highest BCUT2D eigenvalue weighted by Crippen LogP contribution is 2.21. The zero-order chi connectivity index (χ0) is 14.6. The lowest BCUT2D eigenvalue weighted by Crippen LogP contribution is -2.46. The van der Waals surface area contributed by atoms with Gasteiger partial charge >= 0.3 is 0 Å². The molecule has 19 heavy (non-hydrogen) atoms. The maximum Gasteiger partial charge on any atom is 0.244 e. The third-order valence-corrected chi connectivity index (χ3v) is 3.90. The van der Waals surface area contributed by atoms with Crippen LogP contribution in [0.3, 0.4) is 0 Å². The number of carbonyl (C=O) groups is 1. The normalized spacial score (nSPS) is 13.3. The van der Waals surface area contributed by atoms with Crippen molar-refractivity contribution in [3.63, 3.8) is 0 Å². The number of para-hydroxylation sites is 1. The topological polar surface area (TPSA) is 95.5 Å². The van der Waals surface area contributed by atoms with E-state index in [1.807, 2.05) is 0 Å². The molecule has 1 amide bonds. The molecule has 0 aliphatic rings. The molecule has 0 aliphatic heterocycles. The summed E-state index contributed by atoms with van der Waals surface area (Å²) in [4.78, 5) is 11.4. The minimum Gasteiger partial charge on any atom is -0.507 e. The zero-order valence-electron chi connectivity index (χ0n) is 11.0. The van der Waals surface area contributed by atoms with Gasteiger partial charge in [0, 0.05) is 6.04 Å². The number of carbonyl (C=O) groups excluding carboxylic acids is 1. The molecular weight excluding hydrogens is 268 g/mol. The summed E-state index contributed by atoms with van der Waals surface area (Å²) in [6.45, 7) is 5.00. The van der Waals surface area contributed by atoms with Gasteiger partial charge in [0.15, 0.2) is 0 Å². The number of aromatic hydroxyl groups is 1. The molecule has 1 unspecified atom stereocenters. The Bertz CT molecular complexity index is 555. The molecule has 0 aliphatic carbocycles. The van der Waals surface area contributed by atoms with Crippen LogP contribution >= 0.6 is 0 Å². The molecule has 1 atom stereocenters.